The Labute approximate surface area is 120 Å². The predicted octanol–water partition coefficient (Wildman–Crippen LogP) is 3.29. The van der Waals surface area contributed by atoms with Gasteiger partial charge in [-0.1, -0.05) is 18.2 Å². The zero-order valence-electron chi connectivity index (χ0n) is 11.4. The molecule has 2 rings (SSSR count). The van der Waals surface area contributed by atoms with Crippen LogP contribution in [-0.4, -0.2) is 11.1 Å². The van der Waals surface area contributed by atoms with Crippen molar-refractivity contribution in [1.82, 2.24) is 4.57 Å². The summed E-state index contributed by atoms with van der Waals surface area (Å²) < 4.78 is 38.9. The van der Waals surface area contributed by atoms with Gasteiger partial charge in [0.05, 0.1) is 5.56 Å². The van der Waals surface area contributed by atoms with E-state index >= 15 is 0 Å². The Kier molecular flexibility index (Phi) is 4.35. The van der Waals surface area contributed by atoms with E-state index in [1.54, 1.807) is 0 Å². The summed E-state index contributed by atoms with van der Waals surface area (Å²) in [6.07, 6.45) is -3.60. The third-order valence-corrected chi connectivity index (χ3v) is 3.12. The van der Waals surface area contributed by atoms with Gasteiger partial charge in [0.25, 0.3) is 5.56 Å². The molecule has 1 N–H and O–H groups in total. The highest BCUT2D eigenvalue weighted by atomic mass is 19.4. The standard InChI is InChI=1S/C15H15F3N2O/c1-11-4-2-3-5-13(11)19-8-9-20-10-12(15(16,17)18)6-7-14(20)21/h2-7,10,19H,8-9H2,1H3. The van der Waals surface area contributed by atoms with Crippen molar-refractivity contribution in [2.45, 2.75) is 19.6 Å². The molecule has 0 saturated heterocycles. The molecule has 0 aliphatic heterocycles. The molecule has 0 saturated carbocycles. The molecule has 112 valence electrons. The predicted molar refractivity (Wildman–Crippen MR) is 75.4 cm³/mol. The minimum absolute atomic E-state index is 0.164. The molecule has 3 nitrogen and oxygen atoms in total. The number of hydrogen-bond donors (Lipinski definition) is 1. The zero-order chi connectivity index (χ0) is 15.5. The molecular formula is C15H15F3N2O. The van der Waals surface area contributed by atoms with Crippen LogP contribution < -0.4 is 10.9 Å². The molecule has 0 atom stereocenters. The fourth-order valence-corrected chi connectivity index (χ4v) is 1.96. The van der Waals surface area contributed by atoms with Crippen LogP contribution in [0.25, 0.3) is 0 Å². The van der Waals surface area contributed by atoms with E-state index < -0.39 is 17.3 Å². The lowest BCUT2D eigenvalue weighted by atomic mass is 10.2. The highest BCUT2D eigenvalue weighted by Crippen LogP contribution is 2.27. The number of aromatic nitrogens is 1. The second-order valence-corrected chi connectivity index (χ2v) is 4.69. The largest absolute Gasteiger partial charge is 0.417 e. The lowest BCUT2D eigenvalue weighted by Gasteiger charge is -2.12. The normalized spacial score (nSPS) is 11.4. The number of halogens is 3. The zero-order valence-corrected chi connectivity index (χ0v) is 11.4. The van der Waals surface area contributed by atoms with Crippen LogP contribution in [0.4, 0.5) is 18.9 Å². The van der Waals surface area contributed by atoms with E-state index in [-0.39, 0.29) is 6.54 Å². The van der Waals surface area contributed by atoms with Crippen molar-refractivity contribution < 1.29 is 13.2 Å². The monoisotopic (exact) mass is 296 g/mol. The Morgan fingerprint density at radius 3 is 2.52 bits per heavy atom. The summed E-state index contributed by atoms with van der Waals surface area (Å²) in [6, 6.07) is 9.32. The molecule has 0 spiro atoms. The van der Waals surface area contributed by atoms with Gasteiger partial charge in [0.15, 0.2) is 0 Å². The SMILES string of the molecule is Cc1ccccc1NCCn1cc(C(F)(F)F)ccc1=O. The summed E-state index contributed by atoms with van der Waals surface area (Å²) in [6.45, 7) is 2.46. The van der Waals surface area contributed by atoms with Gasteiger partial charge in [0.1, 0.15) is 0 Å². The number of para-hydroxylation sites is 1. The summed E-state index contributed by atoms with van der Waals surface area (Å²) in [5, 5.41) is 3.11. The van der Waals surface area contributed by atoms with Gasteiger partial charge >= 0.3 is 6.18 Å². The summed E-state index contributed by atoms with van der Waals surface area (Å²) in [7, 11) is 0. The van der Waals surface area contributed by atoms with Crippen molar-refractivity contribution in [3.8, 4) is 0 Å². The van der Waals surface area contributed by atoms with E-state index in [1.165, 1.54) is 0 Å². The molecule has 0 radical (unpaired) electrons. The molecule has 6 heteroatoms. The molecule has 0 bridgehead atoms. The number of hydrogen-bond acceptors (Lipinski definition) is 2. The quantitative estimate of drug-likeness (QED) is 0.939. The van der Waals surface area contributed by atoms with Gasteiger partial charge in [-0.15, -0.1) is 0 Å². The highest BCUT2D eigenvalue weighted by Gasteiger charge is 2.30. The molecular weight excluding hydrogens is 281 g/mol. The third-order valence-electron chi connectivity index (χ3n) is 3.12. The lowest BCUT2D eigenvalue weighted by molar-refractivity contribution is -0.138. The van der Waals surface area contributed by atoms with Crippen molar-refractivity contribution in [2.24, 2.45) is 0 Å². The fourth-order valence-electron chi connectivity index (χ4n) is 1.96. The Bertz CT molecular complexity index is 677. The van der Waals surface area contributed by atoms with Crippen LogP contribution in [0.1, 0.15) is 11.1 Å². The first-order valence-electron chi connectivity index (χ1n) is 6.45. The number of benzene rings is 1. The van der Waals surface area contributed by atoms with Gasteiger partial charge in [0.2, 0.25) is 0 Å². The number of aryl methyl sites for hydroxylation is 1. The minimum Gasteiger partial charge on any atom is -0.383 e. The van der Waals surface area contributed by atoms with Gasteiger partial charge in [-0.2, -0.15) is 13.2 Å². The van der Waals surface area contributed by atoms with E-state index in [1.807, 2.05) is 31.2 Å². The first kappa shape index (κ1) is 15.2. The smallest absolute Gasteiger partial charge is 0.383 e. The topological polar surface area (TPSA) is 34.0 Å². The molecule has 1 aromatic heterocycles. The molecule has 0 aliphatic rings. The summed E-state index contributed by atoms with van der Waals surface area (Å²) in [5.74, 6) is 0. The van der Waals surface area contributed by atoms with Crippen LogP contribution in [0.3, 0.4) is 0 Å². The van der Waals surface area contributed by atoms with Gasteiger partial charge in [0, 0.05) is 31.0 Å². The first-order chi connectivity index (χ1) is 9.88. The van der Waals surface area contributed by atoms with Gasteiger partial charge in [-0.05, 0) is 24.6 Å². The molecule has 2 aromatic rings. The van der Waals surface area contributed by atoms with Crippen LogP contribution >= 0.6 is 0 Å². The molecule has 1 heterocycles. The number of nitrogens with zero attached hydrogens (tertiary/aromatic N) is 1. The Balaban J connectivity index is 2.07. The maximum Gasteiger partial charge on any atom is 0.417 e. The number of pyridine rings is 1. The van der Waals surface area contributed by atoms with Crippen molar-refractivity contribution in [1.29, 1.82) is 0 Å². The summed E-state index contributed by atoms with van der Waals surface area (Å²) in [5.41, 5.74) is 0.666. The third kappa shape index (κ3) is 3.87. The number of anilines is 1. The van der Waals surface area contributed by atoms with E-state index in [2.05, 4.69) is 5.32 Å². The Morgan fingerprint density at radius 2 is 1.86 bits per heavy atom. The average molecular weight is 296 g/mol. The highest BCUT2D eigenvalue weighted by molar-refractivity contribution is 5.50. The maximum atomic E-state index is 12.6. The lowest BCUT2D eigenvalue weighted by Crippen LogP contribution is -2.24. The fraction of sp³-hybridized carbons (Fsp3) is 0.267. The second kappa shape index (κ2) is 6.03. The molecule has 21 heavy (non-hydrogen) atoms. The second-order valence-electron chi connectivity index (χ2n) is 4.69. The Morgan fingerprint density at radius 1 is 1.14 bits per heavy atom. The van der Waals surface area contributed by atoms with Crippen LogP contribution in [-0.2, 0) is 12.7 Å². The van der Waals surface area contributed by atoms with E-state index in [0.717, 1.165) is 34.1 Å². The van der Waals surface area contributed by atoms with Gasteiger partial charge in [-0.25, -0.2) is 0 Å². The number of nitrogens with one attached hydrogen (secondary N) is 1. The van der Waals surface area contributed by atoms with Crippen LogP contribution in [0.5, 0.6) is 0 Å². The molecule has 0 unspecified atom stereocenters. The first-order valence-corrected chi connectivity index (χ1v) is 6.45. The summed E-state index contributed by atoms with van der Waals surface area (Å²) >= 11 is 0. The minimum atomic E-state index is -4.45. The summed E-state index contributed by atoms with van der Waals surface area (Å²) in [4.78, 5) is 11.6. The Hall–Kier alpha value is -2.24. The van der Waals surface area contributed by atoms with Crippen LogP contribution in [0.15, 0.2) is 47.4 Å². The number of alkyl halides is 3. The average Bonchev–Trinajstić information content (AvgIpc) is 2.41. The molecule has 1 aromatic carbocycles. The van der Waals surface area contributed by atoms with Crippen molar-refractivity contribution in [3.05, 3.63) is 64.1 Å². The van der Waals surface area contributed by atoms with Gasteiger partial charge in [-0.3, -0.25) is 4.79 Å². The molecule has 0 aliphatic carbocycles. The number of rotatable bonds is 4. The van der Waals surface area contributed by atoms with Gasteiger partial charge < -0.3 is 9.88 Å². The maximum absolute atomic E-state index is 12.6. The van der Waals surface area contributed by atoms with Crippen molar-refractivity contribution in [3.63, 3.8) is 0 Å². The van der Waals surface area contributed by atoms with Crippen LogP contribution in [0, 0.1) is 6.92 Å². The van der Waals surface area contributed by atoms with E-state index in [0.29, 0.717) is 6.54 Å². The van der Waals surface area contributed by atoms with Crippen molar-refractivity contribution >= 4 is 5.69 Å². The van der Waals surface area contributed by atoms with E-state index in [4.69, 9.17) is 0 Å². The van der Waals surface area contributed by atoms with E-state index in [9.17, 15) is 18.0 Å². The molecule has 0 amide bonds. The van der Waals surface area contributed by atoms with Crippen molar-refractivity contribution in [2.75, 3.05) is 11.9 Å². The van der Waals surface area contributed by atoms with Crippen LogP contribution in [0.2, 0.25) is 0 Å². The molecule has 0 fully saturated rings.